The monoisotopic (exact) mass is 332 g/mol. The number of carbonyl (C=O) groups excluding carboxylic acids is 1. The summed E-state index contributed by atoms with van der Waals surface area (Å²) in [5.41, 5.74) is 1.60. The van der Waals surface area contributed by atoms with Gasteiger partial charge in [-0.2, -0.15) is 0 Å². The third kappa shape index (κ3) is 4.51. The Balaban J connectivity index is 2.39. The number of hydrogen-bond acceptors (Lipinski definition) is 3. The van der Waals surface area contributed by atoms with Crippen LogP contribution in [-0.4, -0.2) is 40.6 Å². The molecule has 0 saturated heterocycles. The molecule has 1 aromatic carbocycles. The number of halogens is 1. The van der Waals surface area contributed by atoms with Gasteiger partial charge >= 0.3 is 0 Å². The minimum absolute atomic E-state index is 0.0438. The highest BCUT2D eigenvalue weighted by atomic mass is 19.1. The lowest BCUT2D eigenvalue weighted by Crippen LogP contribution is -2.39. The zero-order valence-electron chi connectivity index (χ0n) is 14.8. The van der Waals surface area contributed by atoms with Crippen LogP contribution >= 0.6 is 0 Å². The standard InChI is InChI=1S/C19H25FN2O2/c1-13-16(10-14-6-7-15(20)11-17(14)21-13)18(24)22(8-5-9-23)12-19(2,3)4/h6-7,10-11,23H,5,8-9,12H2,1-4H3. The molecule has 0 saturated carbocycles. The summed E-state index contributed by atoms with van der Waals surface area (Å²) < 4.78 is 13.3. The highest BCUT2D eigenvalue weighted by Crippen LogP contribution is 2.22. The van der Waals surface area contributed by atoms with Crippen molar-refractivity contribution in [3.63, 3.8) is 0 Å². The Hall–Kier alpha value is -2.01. The Morgan fingerprint density at radius 1 is 1.29 bits per heavy atom. The van der Waals surface area contributed by atoms with Crippen LogP contribution in [0.5, 0.6) is 0 Å². The second kappa shape index (κ2) is 7.26. The molecule has 1 amide bonds. The van der Waals surface area contributed by atoms with Crippen LogP contribution in [0.25, 0.3) is 10.9 Å². The minimum Gasteiger partial charge on any atom is -0.396 e. The molecule has 0 atom stereocenters. The second-order valence-electron chi connectivity index (χ2n) is 7.32. The third-order valence-corrected chi connectivity index (χ3v) is 3.74. The Labute approximate surface area is 142 Å². The molecule has 2 rings (SSSR count). The molecule has 5 heteroatoms. The van der Waals surface area contributed by atoms with Crippen molar-refractivity contribution in [3.8, 4) is 0 Å². The molecular formula is C19H25FN2O2. The zero-order chi connectivity index (χ0) is 17.9. The third-order valence-electron chi connectivity index (χ3n) is 3.74. The van der Waals surface area contributed by atoms with Crippen molar-refractivity contribution in [2.24, 2.45) is 5.41 Å². The number of pyridine rings is 1. The largest absolute Gasteiger partial charge is 0.396 e. The second-order valence-corrected chi connectivity index (χ2v) is 7.32. The molecule has 0 spiro atoms. The Morgan fingerprint density at radius 2 is 2.00 bits per heavy atom. The van der Waals surface area contributed by atoms with E-state index >= 15 is 0 Å². The Kier molecular flexibility index (Phi) is 5.54. The summed E-state index contributed by atoms with van der Waals surface area (Å²) in [5.74, 6) is -0.444. The van der Waals surface area contributed by atoms with Gasteiger partial charge in [0.2, 0.25) is 0 Å². The fraction of sp³-hybridized carbons (Fsp3) is 0.474. The number of nitrogens with zero attached hydrogens (tertiary/aromatic N) is 2. The molecule has 0 radical (unpaired) electrons. The van der Waals surface area contributed by atoms with E-state index in [1.54, 1.807) is 24.0 Å². The van der Waals surface area contributed by atoms with Crippen LogP contribution in [0.15, 0.2) is 24.3 Å². The van der Waals surface area contributed by atoms with Crippen molar-refractivity contribution in [3.05, 3.63) is 41.3 Å². The first kappa shape index (κ1) is 18.3. The predicted molar refractivity (Wildman–Crippen MR) is 93.5 cm³/mol. The van der Waals surface area contributed by atoms with Crippen molar-refractivity contribution in [2.75, 3.05) is 19.7 Å². The molecule has 1 heterocycles. The number of aliphatic hydroxyl groups excluding tert-OH is 1. The number of amides is 1. The van der Waals surface area contributed by atoms with Gasteiger partial charge in [0, 0.05) is 31.1 Å². The van der Waals surface area contributed by atoms with Gasteiger partial charge in [-0.25, -0.2) is 4.39 Å². The lowest BCUT2D eigenvalue weighted by Gasteiger charge is -2.30. The summed E-state index contributed by atoms with van der Waals surface area (Å²) in [5, 5.41) is 9.84. The minimum atomic E-state index is -0.342. The number of benzene rings is 1. The van der Waals surface area contributed by atoms with E-state index in [9.17, 15) is 9.18 Å². The molecule has 130 valence electrons. The topological polar surface area (TPSA) is 53.4 Å². The maximum atomic E-state index is 13.3. The number of aryl methyl sites for hydroxylation is 1. The fourth-order valence-corrected chi connectivity index (χ4v) is 2.71. The van der Waals surface area contributed by atoms with E-state index in [1.165, 1.54) is 12.1 Å². The molecule has 1 aromatic heterocycles. The highest BCUT2D eigenvalue weighted by Gasteiger charge is 2.23. The molecule has 0 fully saturated rings. The van der Waals surface area contributed by atoms with Crippen molar-refractivity contribution < 1.29 is 14.3 Å². The molecule has 0 aliphatic rings. The summed E-state index contributed by atoms with van der Waals surface area (Å²) in [4.78, 5) is 19.1. The van der Waals surface area contributed by atoms with Crippen LogP contribution in [0.3, 0.4) is 0 Å². The highest BCUT2D eigenvalue weighted by molar-refractivity contribution is 5.98. The summed E-state index contributed by atoms with van der Waals surface area (Å²) in [6.45, 7) is 9.10. The van der Waals surface area contributed by atoms with Gasteiger partial charge in [0.05, 0.1) is 16.8 Å². The first-order chi connectivity index (χ1) is 11.2. The van der Waals surface area contributed by atoms with Crippen LogP contribution in [0.1, 0.15) is 43.2 Å². The zero-order valence-corrected chi connectivity index (χ0v) is 14.8. The van der Waals surface area contributed by atoms with Crippen molar-refractivity contribution in [2.45, 2.75) is 34.1 Å². The molecule has 24 heavy (non-hydrogen) atoms. The summed E-state index contributed by atoms with van der Waals surface area (Å²) in [6.07, 6.45) is 0.535. The lowest BCUT2D eigenvalue weighted by molar-refractivity contribution is 0.0681. The predicted octanol–water partition coefficient (Wildman–Crippen LogP) is 3.55. The smallest absolute Gasteiger partial charge is 0.255 e. The van der Waals surface area contributed by atoms with Crippen molar-refractivity contribution >= 4 is 16.8 Å². The van der Waals surface area contributed by atoms with E-state index in [4.69, 9.17) is 5.11 Å². The average molecular weight is 332 g/mol. The number of fused-ring (bicyclic) bond motifs is 1. The number of carbonyl (C=O) groups is 1. The van der Waals surface area contributed by atoms with E-state index in [0.29, 0.717) is 36.3 Å². The van der Waals surface area contributed by atoms with Gasteiger partial charge in [-0.05, 0) is 37.0 Å². The van der Waals surface area contributed by atoms with Gasteiger partial charge in [-0.3, -0.25) is 9.78 Å². The fourth-order valence-electron chi connectivity index (χ4n) is 2.71. The van der Waals surface area contributed by atoms with Crippen molar-refractivity contribution in [1.82, 2.24) is 9.88 Å². The number of aromatic nitrogens is 1. The quantitative estimate of drug-likeness (QED) is 0.911. The van der Waals surface area contributed by atoms with E-state index in [2.05, 4.69) is 25.8 Å². The van der Waals surface area contributed by atoms with E-state index in [1.807, 2.05) is 0 Å². The van der Waals surface area contributed by atoms with Crippen LogP contribution in [0.2, 0.25) is 0 Å². The Bertz CT molecular complexity index is 738. The van der Waals surface area contributed by atoms with E-state index in [-0.39, 0.29) is 23.7 Å². The molecular weight excluding hydrogens is 307 g/mol. The first-order valence-corrected chi connectivity index (χ1v) is 8.18. The Morgan fingerprint density at radius 3 is 2.62 bits per heavy atom. The molecule has 0 bridgehead atoms. The molecule has 1 N–H and O–H groups in total. The SMILES string of the molecule is Cc1nc2cc(F)ccc2cc1C(=O)N(CCCO)CC(C)(C)C. The van der Waals surface area contributed by atoms with Gasteiger partial charge in [0.1, 0.15) is 5.82 Å². The van der Waals surface area contributed by atoms with Gasteiger partial charge in [0.25, 0.3) is 5.91 Å². The van der Waals surface area contributed by atoms with E-state index in [0.717, 1.165) is 5.39 Å². The van der Waals surface area contributed by atoms with Gasteiger partial charge < -0.3 is 10.0 Å². The molecule has 0 aliphatic heterocycles. The molecule has 0 aliphatic carbocycles. The van der Waals surface area contributed by atoms with Crippen molar-refractivity contribution in [1.29, 1.82) is 0 Å². The summed E-state index contributed by atoms with van der Waals surface area (Å²) in [7, 11) is 0. The van der Waals surface area contributed by atoms with Crippen LogP contribution < -0.4 is 0 Å². The maximum absolute atomic E-state index is 13.3. The number of rotatable bonds is 5. The van der Waals surface area contributed by atoms with Gasteiger partial charge in [0.15, 0.2) is 0 Å². The summed E-state index contributed by atoms with van der Waals surface area (Å²) >= 11 is 0. The first-order valence-electron chi connectivity index (χ1n) is 8.18. The average Bonchev–Trinajstić information content (AvgIpc) is 2.49. The molecule has 0 unspecified atom stereocenters. The van der Waals surface area contributed by atoms with Crippen LogP contribution in [0.4, 0.5) is 4.39 Å². The molecule has 4 nitrogen and oxygen atoms in total. The van der Waals surface area contributed by atoms with Crippen LogP contribution in [-0.2, 0) is 0 Å². The summed E-state index contributed by atoms with van der Waals surface area (Å²) in [6, 6.07) is 6.14. The normalized spacial score (nSPS) is 11.8. The number of hydrogen-bond donors (Lipinski definition) is 1. The number of aliphatic hydroxyl groups is 1. The molecule has 2 aromatic rings. The maximum Gasteiger partial charge on any atom is 0.255 e. The van der Waals surface area contributed by atoms with Crippen LogP contribution in [0, 0.1) is 18.2 Å². The lowest BCUT2D eigenvalue weighted by atomic mass is 9.95. The van der Waals surface area contributed by atoms with E-state index < -0.39 is 0 Å². The van der Waals surface area contributed by atoms with Gasteiger partial charge in [-0.15, -0.1) is 0 Å². The van der Waals surface area contributed by atoms with Gasteiger partial charge in [-0.1, -0.05) is 20.8 Å².